The van der Waals surface area contributed by atoms with Gasteiger partial charge in [0.2, 0.25) is 0 Å². The predicted octanol–water partition coefficient (Wildman–Crippen LogP) is 1.94. The molecular formula is C13H20ClN3O. The van der Waals surface area contributed by atoms with E-state index in [9.17, 15) is 0 Å². The monoisotopic (exact) mass is 269 g/mol. The van der Waals surface area contributed by atoms with E-state index in [1.807, 2.05) is 6.07 Å². The van der Waals surface area contributed by atoms with Crippen LogP contribution in [0.5, 0.6) is 0 Å². The fraction of sp³-hybridized carbons (Fsp3) is 0.615. The molecule has 1 fully saturated rings. The Balaban J connectivity index is 2.10. The molecule has 1 atom stereocenters. The summed E-state index contributed by atoms with van der Waals surface area (Å²) in [5, 5.41) is 4.16. The number of hydrogen-bond donors (Lipinski definition) is 1. The van der Waals surface area contributed by atoms with E-state index in [1.165, 1.54) is 0 Å². The lowest BCUT2D eigenvalue weighted by Crippen LogP contribution is -2.51. The summed E-state index contributed by atoms with van der Waals surface area (Å²) in [6.07, 6.45) is 3.48. The molecule has 5 heteroatoms. The zero-order valence-corrected chi connectivity index (χ0v) is 11.7. The quantitative estimate of drug-likeness (QED) is 0.907. The van der Waals surface area contributed by atoms with Crippen LogP contribution in [0.15, 0.2) is 18.5 Å². The van der Waals surface area contributed by atoms with Crippen LogP contribution in [-0.4, -0.2) is 43.4 Å². The number of nitrogens with one attached hydrogen (secondary N) is 1. The zero-order valence-electron chi connectivity index (χ0n) is 10.9. The summed E-state index contributed by atoms with van der Waals surface area (Å²) in [4.78, 5) is 6.34. The molecule has 100 valence electrons. The molecule has 1 saturated heterocycles. The van der Waals surface area contributed by atoms with Crippen LogP contribution in [-0.2, 0) is 4.74 Å². The Morgan fingerprint density at radius 1 is 1.61 bits per heavy atom. The molecule has 0 bridgehead atoms. The molecule has 2 heterocycles. The van der Waals surface area contributed by atoms with Gasteiger partial charge in [-0.1, -0.05) is 25.4 Å². The van der Waals surface area contributed by atoms with Crippen LogP contribution in [0.3, 0.4) is 0 Å². The molecule has 0 aromatic carbocycles. The number of ether oxygens (including phenoxy) is 1. The number of hydrogen-bond acceptors (Lipinski definition) is 4. The first-order chi connectivity index (χ1) is 8.68. The number of rotatable bonds is 4. The van der Waals surface area contributed by atoms with E-state index >= 15 is 0 Å². The van der Waals surface area contributed by atoms with E-state index in [-0.39, 0.29) is 0 Å². The van der Waals surface area contributed by atoms with Crippen LogP contribution < -0.4 is 10.2 Å². The minimum Gasteiger partial charge on any atom is -0.377 e. The highest BCUT2D eigenvalue weighted by Gasteiger charge is 2.24. The molecule has 0 radical (unpaired) electrons. The van der Waals surface area contributed by atoms with E-state index in [2.05, 4.69) is 29.0 Å². The molecule has 1 aromatic heterocycles. The van der Waals surface area contributed by atoms with Gasteiger partial charge in [-0.05, 0) is 6.07 Å². The van der Waals surface area contributed by atoms with Crippen molar-refractivity contribution >= 4 is 17.3 Å². The van der Waals surface area contributed by atoms with E-state index in [0.29, 0.717) is 17.1 Å². The average Bonchev–Trinajstić information content (AvgIpc) is 2.37. The van der Waals surface area contributed by atoms with Gasteiger partial charge in [-0.15, -0.1) is 0 Å². The van der Waals surface area contributed by atoms with E-state index in [1.54, 1.807) is 12.4 Å². The SMILES string of the molecule is CC(C)NCC1COCCN1c1ccncc1Cl. The summed E-state index contributed by atoms with van der Waals surface area (Å²) in [6.45, 7) is 7.54. The van der Waals surface area contributed by atoms with Crippen molar-refractivity contribution in [1.82, 2.24) is 10.3 Å². The Morgan fingerprint density at radius 3 is 3.17 bits per heavy atom. The fourth-order valence-corrected chi connectivity index (χ4v) is 2.34. The molecule has 1 unspecified atom stereocenters. The van der Waals surface area contributed by atoms with Crippen molar-refractivity contribution in [2.45, 2.75) is 25.9 Å². The normalized spacial score (nSPS) is 20.4. The highest BCUT2D eigenvalue weighted by atomic mass is 35.5. The van der Waals surface area contributed by atoms with E-state index in [4.69, 9.17) is 16.3 Å². The lowest BCUT2D eigenvalue weighted by molar-refractivity contribution is 0.0932. The number of halogens is 1. The van der Waals surface area contributed by atoms with Gasteiger partial charge in [0.05, 0.1) is 30.0 Å². The second kappa shape index (κ2) is 6.36. The summed E-state index contributed by atoms with van der Waals surface area (Å²) in [7, 11) is 0. The fourth-order valence-electron chi connectivity index (χ4n) is 2.11. The van der Waals surface area contributed by atoms with Crippen molar-refractivity contribution in [1.29, 1.82) is 0 Å². The van der Waals surface area contributed by atoms with Crippen LogP contribution >= 0.6 is 11.6 Å². The smallest absolute Gasteiger partial charge is 0.0822 e. The van der Waals surface area contributed by atoms with E-state index in [0.717, 1.165) is 32.0 Å². The lowest BCUT2D eigenvalue weighted by atomic mass is 10.2. The first-order valence-electron chi connectivity index (χ1n) is 6.35. The standard InChI is InChI=1S/C13H20ClN3O/c1-10(2)16-7-11-9-18-6-5-17(11)13-3-4-15-8-12(13)14/h3-4,8,10-11,16H,5-7,9H2,1-2H3. The highest BCUT2D eigenvalue weighted by molar-refractivity contribution is 6.33. The van der Waals surface area contributed by atoms with Gasteiger partial charge in [0, 0.05) is 31.5 Å². The van der Waals surface area contributed by atoms with Gasteiger partial charge in [-0.3, -0.25) is 4.98 Å². The number of aromatic nitrogens is 1. The van der Waals surface area contributed by atoms with Gasteiger partial charge >= 0.3 is 0 Å². The molecule has 4 nitrogen and oxygen atoms in total. The summed E-state index contributed by atoms with van der Waals surface area (Å²) < 4.78 is 5.57. The molecule has 1 aliphatic heterocycles. The second-order valence-electron chi connectivity index (χ2n) is 4.81. The summed E-state index contributed by atoms with van der Waals surface area (Å²) in [5.41, 5.74) is 1.05. The summed E-state index contributed by atoms with van der Waals surface area (Å²) >= 11 is 6.22. The molecule has 1 aromatic rings. The number of anilines is 1. The topological polar surface area (TPSA) is 37.4 Å². The van der Waals surface area contributed by atoms with Gasteiger partial charge < -0.3 is 15.0 Å². The van der Waals surface area contributed by atoms with Gasteiger partial charge in [0.25, 0.3) is 0 Å². The number of nitrogens with zero attached hydrogens (tertiary/aromatic N) is 2. The Morgan fingerprint density at radius 2 is 2.44 bits per heavy atom. The van der Waals surface area contributed by atoms with Crippen LogP contribution in [0.25, 0.3) is 0 Å². The molecule has 0 spiro atoms. The number of pyridine rings is 1. The van der Waals surface area contributed by atoms with Crippen LogP contribution in [0, 0.1) is 0 Å². The second-order valence-corrected chi connectivity index (χ2v) is 5.22. The van der Waals surface area contributed by atoms with Crippen LogP contribution in [0.2, 0.25) is 5.02 Å². The summed E-state index contributed by atoms with van der Waals surface area (Å²) in [5.74, 6) is 0. The van der Waals surface area contributed by atoms with E-state index < -0.39 is 0 Å². The maximum absolute atomic E-state index is 6.22. The predicted molar refractivity (Wildman–Crippen MR) is 74.3 cm³/mol. The van der Waals surface area contributed by atoms with Crippen molar-refractivity contribution in [3.8, 4) is 0 Å². The Labute approximate surface area is 113 Å². The minimum absolute atomic E-state index is 0.320. The van der Waals surface area contributed by atoms with Gasteiger partial charge in [-0.2, -0.15) is 0 Å². The van der Waals surface area contributed by atoms with Gasteiger partial charge in [0.1, 0.15) is 0 Å². The average molecular weight is 270 g/mol. The van der Waals surface area contributed by atoms with Gasteiger partial charge in [-0.25, -0.2) is 0 Å². The van der Waals surface area contributed by atoms with Crippen LogP contribution in [0.4, 0.5) is 5.69 Å². The molecule has 1 N–H and O–H groups in total. The van der Waals surface area contributed by atoms with Crippen molar-refractivity contribution < 1.29 is 4.74 Å². The number of morpholine rings is 1. The van der Waals surface area contributed by atoms with Crippen molar-refractivity contribution in [2.24, 2.45) is 0 Å². The summed E-state index contributed by atoms with van der Waals surface area (Å²) in [6, 6.07) is 2.76. The van der Waals surface area contributed by atoms with Gasteiger partial charge in [0.15, 0.2) is 0 Å². The zero-order chi connectivity index (χ0) is 13.0. The first-order valence-corrected chi connectivity index (χ1v) is 6.73. The molecule has 0 aliphatic carbocycles. The molecule has 1 aliphatic rings. The third-order valence-electron chi connectivity index (χ3n) is 3.05. The maximum atomic E-state index is 6.22. The first kappa shape index (κ1) is 13.6. The molecule has 2 rings (SSSR count). The van der Waals surface area contributed by atoms with Crippen molar-refractivity contribution in [3.05, 3.63) is 23.5 Å². The molecular weight excluding hydrogens is 250 g/mol. The third kappa shape index (κ3) is 3.34. The molecule has 0 saturated carbocycles. The van der Waals surface area contributed by atoms with Crippen molar-refractivity contribution in [2.75, 3.05) is 31.2 Å². The largest absolute Gasteiger partial charge is 0.377 e. The Bertz CT molecular complexity index is 386. The van der Waals surface area contributed by atoms with Crippen molar-refractivity contribution in [3.63, 3.8) is 0 Å². The highest BCUT2D eigenvalue weighted by Crippen LogP contribution is 2.27. The lowest BCUT2D eigenvalue weighted by Gasteiger charge is -2.38. The minimum atomic E-state index is 0.320. The van der Waals surface area contributed by atoms with Crippen LogP contribution in [0.1, 0.15) is 13.8 Å². The third-order valence-corrected chi connectivity index (χ3v) is 3.34. The Hall–Kier alpha value is -0.840. The maximum Gasteiger partial charge on any atom is 0.0822 e. The molecule has 0 amide bonds. The molecule has 18 heavy (non-hydrogen) atoms. The Kier molecular flexibility index (Phi) is 4.80.